The molecule has 5 heteroatoms. The normalized spacial score (nSPS) is 28.4. The van der Waals surface area contributed by atoms with Gasteiger partial charge in [-0.05, 0) is 51.6 Å². The molecule has 5 nitrogen and oxygen atoms in total. The first-order valence-electron chi connectivity index (χ1n) is 11.4. The minimum absolute atomic E-state index is 0.145. The van der Waals surface area contributed by atoms with Gasteiger partial charge in [0.25, 0.3) is 0 Å². The highest BCUT2D eigenvalue weighted by Crippen LogP contribution is 2.42. The van der Waals surface area contributed by atoms with E-state index in [1.54, 1.807) is 0 Å². The van der Waals surface area contributed by atoms with Crippen LogP contribution < -0.4 is 5.73 Å². The molecule has 3 aliphatic rings. The average molecular weight is 394 g/mol. The molecule has 0 radical (unpaired) electrons. The van der Waals surface area contributed by atoms with Gasteiger partial charge in [-0.2, -0.15) is 0 Å². The summed E-state index contributed by atoms with van der Waals surface area (Å²) in [5.74, 6) is 1.23. The maximum atomic E-state index is 6.49. The topological polar surface area (TPSA) is 50.3 Å². The van der Waals surface area contributed by atoms with Crippen LogP contribution in [0, 0.1) is 6.92 Å². The third-order valence-electron chi connectivity index (χ3n) is 7.57. The molecule has 0 spiro atoms. The number of hydrogen-bond acceptors (Lipinski definition) is 4. The Hall–Kier alpha value is -1.69. The molecule has 1 aromatic heterocycles. The standard InChI is InChI=1S/C24H35N5/c1-17-26-23-11-12-27(2)16-24(23)29(17)21-14-19-8-9-20(15-21)28(19)13-10-22(25)18-6-4-3-5-7-18/h3-7,19-22H,8-16,25H2,1-2H3/t19?,20?,21?,22-/m0/s1. The molecule has 156 valence electrons. The number of nitrogens with two attached hydrogens (primary N) is 1. The van der Waals surface area contributed by atoms with Gasteiger partial charge in [0.05, 0.1) is 11.4 Å². The van der Waals surface area contributed by atoms with Crippen molar-refractivity contribution in [1.82, 2.24) is 19.4 Å². The van der Waals surface area contributed by atoms with Crippen molar-refractivity contribution in [2.24, 2.45) is 5.73 Å². The fourth-order valence-corrected chi connectivity index (χ4v) is 6.11. The second-order valence-corrected chi connectivity index (χ2v) is 9.46. The summed E-state index contributed by atoms with van der Waals surface area (Å²) < 4.78 is 2.61. The Labute approximate surface area is 174 Å². The van der Waals surface area contributed by atoms with Crippen LogP contribution in [0.1, 0.15) is 67.0 Å². The van der Waals surface area contributed by atoms with E-state index in [-0.39, 0.29) is 6.04 Å². The monoisotopic (exact) mass is 393 g/mol. The predicted octanol–water partition coefficient (Wildman–Crippen LogP) is 3.44. The highest BCUT2D eigenvalue weighted by atomic mass is 15.3. The molecule has 2 bridgehead atoms. The third-order valence-corrected chi connectivity index (χ3v) is 7.57. The lowest BCUT2D eigenvalue weighted by atomic mass is 9.95. The Bertz CT molecular complexity index is 830. The van der Waals surface area contributed by atoms with Gasteiger partial charge in [0.1, 0.15) is 5.82 Å². The van der Waals surface area contributed by atoms with Crippen molar-refractivity contribution in [3.05, 3.63) is 53.1 Å². The number of nitrogens with zero attached hydrogens (tertiary/aromatic N) is 4. The minimum Gasteiger partial charge on any atom is -0.328 e. The van der Waals surface area contributed by atoms with E-state index in [2.05, 4.69) is 58.7 Å². The van der Waals surface area contributed by atoms with Crippen LogP contribution in [0.2, 0.25) is 0 Å². The van der Waals surface area contributed by atoms with Gasteiger partial charge in [-0.3, -0.25) is 4.90 Å². The van der Waals surface area contributed by atoms with Crippen LogP contribution in [0.5, 0.6) is 0 Å². The number of hydrogen-bond donors (Lipinski definition) is 1. The number of benzene rings is 1. The predicted molar refractivity (Wildman–Crippen MR) is 117 cm³/mol. The Morgan fingerprint density at radius 2 is 1.83 bits per heavy atom. The molecule has 2 N–H and O–H groups in total. The van der Waals surface area contributed by atoms with Crippen LogP contribution in [0.4, 0.5) is 0 Å². The molecule has 3 atom stereocenters. The number of piperidine rings is 1. The second-order valence-electron chi connectivity index (χ2n) is 9.46. The lowest BCUT2D eigenvalue weighted by Gasteiger charge is -2.41. The van der Waals surface area contributed by atoms with Crippen LogP contribution in [0.3, 0.4) is 0 Å². The smallest absolute Gasteiger partial charge is 0.106 e. The molecule has 0 aliphatic carbocycles. The van der Waals surface area contributed by atoms with E-state index in [0.717, 1.165) is 32.5 Å². The molecular weight excluding hydrogens is 358 g/mol. The molecule has 2 unspecified atom stereocenters. The number of aromatic nitrogens is 2. The molecule has 0 saturated carbocycles. The Balaban J connectivity index is 1.27. The molecule has 5 rings (SSSR count). The average Bonchev–Trinajstić information content (AvgIpc) is 3.17. The summed E-state index contributed by atoms with van der Waals surface area (Å²) >= 11 is 0. The molecule has 2 fully saturated rings. The zero-order valence-electron chi connectivity index (χ0n) is 17.9. The Morgan fingerprint density at radius 3 is 2.55 bits per heavy atom. The summed E-state index contributed by atoms with van der Waals surface area (Å²) in [6.45, 7) is 5.53. The second kappa shape index (κ2) is 7.86. The van der Waals surface area contributed by atoms with Gasteiger partial charge >= 0.3 is 0 Å². The lowest BCUT2D eigenvalue weighted by Crippen LogP contribution is -2.45. The summed E-state index contributed by atoms with van der Waals surface area (Å²) in [6, 6.07) is 12.8. The molecule has 2 aromatic rings. The van der Waals surface area contributed by atoms with Gasteiger partial charge < -0.3 is 15.2 Å². The molecule has 29 heavy (non-hydrogen) atoms. The first-order valence-corrected chi connectivity index (χ1v) is 11.4. The van der Waals surface area contributed by atoms with E-state index < -0.39 is 0 Å². The van der Waals surface area contributed by atoms with Crippen molar-refractivity contribution in [3.8, 4) is 0 Å². The number of rotatable bonds is 5. The molecule has 4 heterocycles. The summed E-state index contributed by atoms with van der Waals surface area (Å²) in [4.78, 5) is 10.2. The van der Waals surface area contributed by atoms with E-state index in [4.69, 9.17) is 10.7 Å². The number of likely N-dealkylation sites (N-methyl/N-ethyl adjacent to an activating group) is 1. The van der Waals surface area contributed by atoms with Crippen LogP contribution in [-0.4, -0.2) is 51.6 Å². The van der Waals surface area contributed by atoms with Crippen LogP contribution in [0.15, 0.2) is 30.3 Å². The van der Waals surface area contributed by atoms with Crippen molar-refractivity contribution < 1.29 is 0 Å². The van der Waals surface area contributed by atoms with Crippen LogP contribution in [0.25, 0.3) is 0 Å². The first-order chi connectivity index (χ1) is 14.1. The zero-order valence-corrected chi connectivity index (χ0v) is 17.9. The molecule has 3 aliphatic heterocycles. The zero-order chi connectivity index (χ0) is 20.0. The fourth-order valence-electron chi connectivity index (χ4n) is 6.11. The van der Waals surface area contributed by atoms with Crippen molar-refractivity contribution in [3.63, 3.8) is 0 Å². The van der Waals surface area contributed by atoms with E-state index in [1.165, 1.54) is 48.5 Å². The maximum Gasteiger partial charge on any atom is 0.106 e. The third kappa shape index (κ3) is 3.65. The SMILES string of the molecule is Cc1nc2c(n1C1CC3CCC(C1)N3CC[C@H](N)c1ccccc1)CN(C)CC2. The summed E-state index contributed by atoms with van der Waals surface area (Å²) in [5, 5.41) is 0. The highest BCUT2D eigenvalue weighted by molar-refractivity contribution is 5.22. The van der Waals surface area contributed by atoms with Crippen LogP contribution >= 0.6 is 0 Å². The first kappa shape index (κ1) is 19.3. The molecular formula is C24H35N5. The van der Waals surface area contributed by atoms with Crippen molar-refractivity contribution >= 4 is 0 Å². The number of fused-ring (bicyclic) bond motifs is 3. The summed E-state index contributed by atoms with van der Waals surface area (Å²) in [5.41, 5.74) is 10.6. The van der Waals surface area contributed by atoms with Gasteiger partial charge in [0.2, 0.25) is 0 Å². The van der Waals surface area contributed by atoms with Gasteiger partial charge in [0.15, 0.2) is 0 Å². The van der Waals surface area contributed by atoms with Crippen molar-refractivity contribution in [2.45, 2.75) is 76.2 Å². The van der Waals surface area contributed by atoms with Crippen LogP contribution in [-0.2, 0) is 13.0 Å². The van der Waals surface area contributed by atoms with E-state index in [9.17, 15) is 0 Å². The highest BCUT2D eigenvalue weighted by Gasteiger charge is 2.42. The van der Waals surface area contributed by atoms with Gasteiger partial charge in [0, 0.05) is 50.2 Å². The van der Waals surface area contributed by atoms with Gasteiger partial charge in [-0.1, -0.05) is 30.3 Å². The summed E-state index contributed by atoms with van der Waals surface area (Å²) in [7, 11) is 2.23. The van der Waals surface area contributed by atoms with E-state index in [0.29, 0.717) is 18.1 Å². The molecule has 2 saturated heterocycles. The van der Waals surface area contributed by atoms with Crippen molar-refractivity contribution in [2.75, 3.05) is 20.1 Å². The quantitative estimate of drug-likeness (QED) is 0.845. The lowest BCUT2D eigenvalue weighted by molar-refractivity contribution is 0.100. The van der Waals surface area contributed by atoms with Gasteiger partial charge in [-0.15, -0.1) is 0 Å². The Morgan fingerprint density at radius 1 is 1.10 bits per heavy atom. The molecule has 0 amide bonds. The maximum absolute atomic E-state index is 6.49. The van der Waals surface area contributed by atoms with Gasteiger partial charge in [-0.25, -0.2) is 4.98 Å². The number of imidazole rings is 1. The largest absolute Gasteiger partial charge is 0.328 e. The summed E-state index contributed by atoms with van der Waals surface area (Å²) in [6.07, 6.45) is 7.37. The minimum atomic E-state index is 0.145. The fraction of sp³-hybridized carbons (Fsp3) is 0.625. The number of aryl methyl sites for hydroxylation is 1. The van der Waals surface area contributed by atoms with E-state index >= 15 is 0 Å². The Kier molecular flexibility index (Phi) is 5.23. The van der Waals surface area contributed by atoms with Crippen molar-refractivity contribution in [1.29, 1.82) is 0 Å². The van der Waals surface area contributed by atoms with E-state index in [1.807, 2.05) is 0 Å². The molecule has 1 aromatic carbocycles.